The number of nitro benzene ring substituents is 1. The molecule has 0 saturated carbocycles. The van der Waals surface area contributed by atoms with E-state index in [0.29, 0.717) is 12.1 Å². The highest BCUT2D eigenvalue weighted by atomic mass is 16.6. The number of likely N-dealkylation sites (tertiary alicyclic amines) is 1. The molecular formula is C20H22N2O5. The molecule has 142 valence electrons. The zero-order chi connectivity index (χ0) is 19.2. The highest BCUT2D eigenvalue weighted by Crippen LogP contribution is 2.18. The Labute approximate surface area is 157 Å². The van der Waals surface area contributed by atoms with E-state index in [4.69, 9.17) is 9.47 Å². The van der Waals surface area contributed by atoms with Crippen LogP contribution in [-0.4, -0.2) is 48.6 Å². The number of esters is 1. The molecule has 0 radical (unpaired) electrons. The van der Waals surface area contributed by atoms with Crippen molar-refractivity contribution in [1.82, 2.24) is 4.90 Å². The zero-order valence-electron chi connectivity index (χ0n) is 15.2. The molecule has 0 N–H and O–H groups in total. The van der Waals surface area contributed by atoms with Crippen LogP contribution in [0.5, 0.6) is 5.75 Å². The molecule has 7 heteroatoms. The predicted molar refractivity (Wildman–Crippen MR) is 100 cm³/mol. The van der Waals surface area contributed by atoms with Crippen LogP contribution in [0.15, 0.2) is 48.5 Å². The molecule has 1 fully saturated rings. The van der Waals surface area contributed by atoms with Crippen LogP contribution in [0.1, 0.15) is 22.3 Å². The summed E-state index contributed by atoms with van der Waals surface area (Å²) in [6.45, 7) is 2.49. The number of rotatable bonds is 7. The first-order valence-electron chi connectivity index (χ1n) is 8.86. The fourth-order valence-electron chi connectivity index (χ4n) is 3.11. The minimum Gasteiger partial charge on any atom is -0.497 e. The maximum Gasteiger partial charge on any atom is 0.338 e. The van der Waals surface area contributed by atoms with Gasteiger partial charge in [0.25, 0.3) is 5.69 Å². The summed E-state index contributed by atoms with van der Waals surface area (Å²) in [4.78, 5) is 24.7. The van der Waals surface area contributed by atoms with Gasteiger partial charge in [-0.05, 0) is 42.7 Å². The fraction of sp³-hybridized carbons (Fsp3) is 0.350. The lowest BCUT2D eigenvalue weighted by molar-refractivity contribution is -0.384. The highest BCUT2D eigenvalue weighted by Gasteiger charge is 2.26. The second-order valence-corrected chi connectivity index (χ2v) is 6.52. The van der Waals surface area contributed by atoms with Crippen molar-refractivity contribution in [3.63, 3.8) is 0 Å². The molecule has 2 aromatic carbocycles. The smallest absolute Gasteiger partial charge is 0.338 e. The number of benzene rings is 2. The van der Waals surface area contributed by atoms with Crippen LogP contribution in [0.25, 0.3) is 0 Å². The number of carbonyl (C=O) groups excluding carboxylic acids is 1. The molecule has 0 unspecified atom stereocenters. The van der Waals surface area contributed by atoms with Crippen molar-refractivity contribution in [2.45, 2.75) is 18.9 Å². The topological polar surface area (TPSA) is 81.9 Å². The number of ether oxygens (including phenoxy) is 2. The molecule has 1 aliphatic heterocycles. The van der Waals surface area contributed by atoms with Gasteiger partial charge in [0, 0.05) is 31.8 Å². The van der Waals surface area contributed by atoms with Gasteiger partial charge in [-0.2, -0.15) is 0 Å². The Morgan fingerprint density at radius 3 is 2.52 bits per heavy atom. The average Bonchev–Trinajstić information content (AvgIpc) is 3.14. The zero-order valence-corrected chi connectivity index (χ0v) is 15.2. The molecule has 1 atom stereocenters. The normalized spacial score (nSPS) is 16.9. The van der Waals surface area contributed by atoms with Gasteiger partial charge in [-0.3, -0.25) is 15.0 Å². The van der Waals surface area contributed by atoms with Crippen molar-refractivity contribution < 1.29 is 19.2 Å². The number of hydrogen-bond acceptors (Lipinski definition) is 6. The summed E-state index contributed by atoms with van der Waals surface area (Å²) in [5, 5.41) is 10.7. The van der Waals surface area contributed by atoms with E-state index in [1.807, 2.05) is 12.1 Å². The van der Waals surface area contributed by atoms with Gasteiger partial charge in [-0.15, -0.1) is 0 Å². The molecule has 3 rings (SSSR count). The van der Waals surface area contributed by atoms with Crippen LogP contribution in [-0.2, 0) is 11.2 Å². The van der Waals surface area contributed by atoms with Crippen molar-refractivity contribution >= 4 is 11.7 Å². The summed E-state index contributed by atoms with van der Waals surface area (Å²) < 4.78 is 10.7. The van der Waals surface area contributed by atoms with Crippen molar-refractivity contribution in [3.05, 3.63) is 69.8 Å². The Morgan fingerprint density at radius 1 is 1.19 bits per heavy atom. The van der Waals surface area contributed by atoms with Gasteiger partial charge >= 0.3 is 5.97 Å². The summed E-state index contributed by atoms with van der Waals surface area (Å²) in [6.07, 6.45) is 1.57. The second kappa shape index (κ2) is 8.64. The lowest BCUT2D eigenvalue weighted by Gasteiger charge is -2.16. The second-order valence-electron chi connectivity index (χ2n) is 6.52. The molecule has 0 aliphatic carbocycles. The van der Waals surface area contributed by atoms with E-state index in [9.17, 15) is 14.9 Å². The minimum atomic E-state index is -0.493. The highest BCUT2D eigenvalue weighted by molar-refractivity contribution is 5.89. The number of hydrogen-bond donors (Lipinski definition) is 0. The maximum atomic E-state index is 12.2. The minimum absolute atomic E-state index is 0.0443. The number of nitro groups is 1. The molecule has 27 heavy (non-hydrogen) atoms. The number of carbonyl (C=O) groups is 1. The monoisotopic (exact) mass is 370 g/mol. The summed E-state index contributed by atoms with van der Waals surface area (Å²) in [5.41, 5.74) is 1.52. The van der Waals surface area contributed by atoms with Gasteiger partial charge in [-0.25, -0.2) is 4.79 Å². The molecule has 0 aromatic heterocycles. The van der Waals surface area contributed by atoms with E-state index in [1.54, 1.807) is 7.11 Å². The molecule has 2 aromatic rings. The predicted octanol–water partition coefficient (Wildman–Crippen LogP) is 3.08. The quantitative estimate of drug-likeness (QED) is 0.423. The number of non-ortho nitro benzene ring substituents is 1. The summed E-state index contributed by atoms with van der Waals surface area (Å²) >= 11 is 0. The lowest BCUT2D eigenvalue weighted by atomic mass is 10.1. The van der Waals surface area contributed by atoms with Crippen molar-refractivity contribution in [2.24, 2.45) is 0 Å². The molecule has 1 heterocycles. The molecule has 1 saturated heterocycles. The maximum absolute atomic E-state index is 12.2. The van der Waals surface area contributed by atoms with E-state index in [1.165, 1.54) is 29.8 Å². The SMILES string of the molecule is COc1ccc(CCN2CC[C@H](OC(=O)c3ccc([N+](=O)[O-])cc3)C2)cc1. The summed E-state index contributed by atoms with van der Waals surface area (Å²) in [6, 6.07) is 13.5. The van der Waals surface area contributed by atoms with E-state index >= 15 is 0 Å². The van der Waals surface area contributed by atoms with Gasteiger partial charge < -0.3 is 9.47 Å². The van der Waals surface area contributed by atoms with Gasteiger partial charge in [0.15, 0.2) is 0 Å². The molecule has 1 aliphatic rings. The lowest BCUT2D eigenvalue weighted by Crippen LogP contribution is -2.26. The van der Waals surface area contributed by atoms with Crippen LogP contribution in [0, 0.1) is 10.1 Å². The van der Waals surface area contributed by atoms with Crippen LogP contribution < -0.4 is 4.74 Å². The molecule has 0 bridgehead atoms. The van der Waals surface area contributed by atoms with Crippen molar-refractivity contribution in [2.75, 3.05) is 26.7 Å². The van der Waals surface area contributed by atoms with Gasteiger partial charge in [-0.1, -0.05) is 12.1 Å². The number of nitrogens with zero attached hydrogens (tertiary/aromatic N) is 2. The number of methoxy groups -OCH3 is 1. The summed E-state index contributed by atoms with van der Waals surface area (Å²) in [7, 11) is 1.65. The van der Waals surface area contributed by atoms with E-state index in [2.05, 4.69) is 17.0 Å². The first-order valence-corrected chi connectivity index (χ1v) is 8.86. The Bertz CT molecular complexity index is 789. The van der Waals surface area contributed by atoms with Crippen LogP contribution in [0.2, 0.25) is 0 Å². The fourth-order valence-corrected chi connectivity index (χ4v) is 3.11. The molecule has 0 spiro atoms. The van der Waals surface area contributed by atoms with Gasteiger partial charge in [0.2, 0.25) is 0 Å². The Hall–Kier alpha value is -2.93. The third-order valence-corrected chi connectivity index (χ3v) is 4.69. The van der Waals surface area contributed by atoms with Gasteiger partial charge in [0.05, 0.1) is 17.6 Å². The summed E-state index contributed by atoms with van der Waals surface area (Å²) in [5.74, 6) is 0.407. The van der Waals surface area contributed by atoms with Crippen molar-refractivity contribution in [1.29, 1.82) is 0 Å². The first kappa shape index (κ1) is 18.8. The first-order chi connectivity index (χ1) is 13.0. The van der Waals surface area contributed by atoms with Crippen LogP contribution >= 0.6 is 0 Å². The van der Waals surface area contributed by atoms with Crippen molar-refractivity contribution in [3.8, 4) is 5.75 Å². The van der Waals surface area contributed by atoms with E-state index in [-0.39, 0.29) is 11.8 Å². The van der Waals surface area contributed by atoms with Crippen LogP contribution in [0.3, 0.4) is 0 Å². The van der Waals surface area contributed by atoms with Gasteiger partial charge in [0.1, 0.15) is 11.9 Å². The Balaban J connectivity index is 1.46. The van der Waals surface area contributed by atoms with E-state index < -0.39 is 10.9 Å². The molecule has 7 nitrogen and oxygen atoms in total. The Morgan fingerprint density at radius 2 is 1.89 bits per heavy atom. The van der Waals surface area contributed by atoms with E-state index in [0.717, 1.165) is 31.7 Å². The van der Waals surface area contributed by atoms with Crippen LogP contribution in [0.4, 0.5) is 5.69 Å². The standard InChI is InChI=1S/C20H22N2O5/c1-26-18-8-2-15(3-9-18)10-12-21-13-11-19(14-21)27-20(23)16-4-6-17(7-5-16)22(24)25/h2-9,19H,10-14H2,1H3/t19-/m0/s1. The largest absolute Gasteiger partial charge is 0.497 e. The molecular weight excluding hydrogens is 348 g/mol. The third kappa shape index (κ3) is 5.04. The molecule has 0 amide bonds. The third-order valence-electron chi connectivity index (χ3n) is 4.69. The average molecular weight is 370 g/mol. The Kier molecular flexibility index (Phi) is 6.03.